The minimum Gasteiger partial charge on any atom is -0.369 e. The number of rotatable bonds is 3. The van der Waals surface area contributed by atoms with Crippen molar-refractivity contribution in [3.8, 4) is 0 Å². The molecule has 2 aromatic rings. The molecule has 0 aliphatic rings. The van der Waals surface area contributed by atoms with Crippen molar-refractivity contribution in [1.82, 2.24) is 4.98 Å². The summed E-state index contributed by atoms with van der Waals surface area (Å²) in [6.45, 7) is 0. The third-order valence-electron chi connectivity index (χ3n) is 2.16. The first-order valence-electron chi connectivity index (χ1n) is 4.74. The number of benzene rings is 1. The number of carbonyl (C=O) groups excluding carboxylic acids is 1. The van der Waals surface area contributed by atoms with Gasteiger partial charge in [-0.2, -0.15) is 0 Å². The summed E-state index contributed by atoms with van der Waals surface area (Å²) >= 11 is 1.28. The molecule has 0 saturated carbocycles. The van der Waals surface area contributed by atoms with Gasteiger partial charge in [-0.1, -0.05) is 0 Å². The first kappa shape index (κ1) is 12.0. The number of carbonyl (C=O) groups is 1. The number of primary amides is 1. The predicted octanol–water partition coefficient (Wildman–Crippen LogP) is 0.728. The molecule has 1 aromatic carbocycles. The van der Waals surface area contributed by atoms with Gasteiger partial charge in [0.2, 0.25) is 5.91 Å². The summed E-state index contributed by atoms with van der Waals surface area (Å²) in [4.78, 5) is 15.2. The van der Waals surface area contributed by atoms with Crippen LogP contribution in [0, 0.1) is 0 Å². The minimum absolute atomic E-state index is 0.0769. The Balaban J connectivity index is 2.52. The number of thiazole rings is 1. The zero-order chi connectivity index (χ0) is 12.6. The maximum atomic E-state index is 11.4. The summed E-state index contributed by atoms with van der Waals surface area (Å²) in [5.41, 5.74) is 5.76. The van der Waals surface area contributed by atoms with E-state index in [0.29, 0.717) is 10.5 Å². The summed E-state index contributed by atoms with van der Waals surface area (Å²) in [6, 6.07) is 4.70. The zero-order valence-corrected chi connectivity index (χ0v) is 10.6. The first-order chi connectivity index (χ1) is 7.86. The average Bonchev–Trinajstić information content (AvgIpc) is 2.55. The molecule has 0 radical (unpaired) electrons. The minimum atomic E-state index is -3.22. The molecule has 0 saturated heterocycles. The highest BCUT2D eigenvalue weighted by Gasteiger charge is 2.11. The maximum absolute atomic E-state index is 11.4. The van der Waals surface area contributed by atoms with Crippen LogP contribution in [0.15, 0.2) is 23.1 Å². The van der Waals surface area contributed by atoms with Crippen molar-refractivity contribution in [2.75, 3.05) is 6.26 Å². The molecular weight excluding hydrogens is 260 g/mol. The summed E-state index contributed by atoms with van der Waals surface area (Å²) in [5.74, 6) is -0.451. The molecule has 17 heavy (non-hydrogen) atoms. The highest BCUT2D eigenvalue weighted by Crippen LogP contribution is 2.25. The molecule has 0 bridgehead atoms. The lowest BCUT2D eigenvalue weighted by molar-refractivity contribution is -0.117. The van der Waals surface area contributed by atoms with Gasteiger partial charge >= 0.3 is 0 Å². The summed E-state index contributed by atoms with van der Waals surface area (Å²) in [7, 11) is -3.22. The quantitative estimate of drug-likeness (QED) is 0.890. The van der Waals surface area contributed by atoms with Crippen LogP contribution in [-0.4, -0.2) is 25.6 Å². The second-order valence-electron chi connectivity index (χ2n) is 3.65. The summed E-state index contributed by atoms with van der Waals surface area (Å²) in [5, 5.41) is 0.596. The highest BCUT2D eigenvalue weighted by atomic mass is 32.2. The third-order valence-corrected chi connectivity index (χ3v) is 4.29. The number of fused-ring (bicyclic) bond motifs is 1. The van der Waals surface area contributed by atoms with Crippen LogP contribution in [-0.2, 0) is 21.1 Å². The number of aromatic nitrogens is 1. The van der Waals surface area contributed by atoms with Crippen LogP contribution in [0.3, 0.4) is 0 Å². The number of nitrogens with two attached hydrogens (primary N) is 1. The summed E-state index contributed by atoms with van der Waals surface area (Å²) < 4.78 is 23.5. The maximum Gasteiger partial charge on any atom is 0.224 e. The Kier molecular flexibility index (Phi) is 2.88. The van der Waals surface area contributed by atoms with Gasteiger partial charge in [0.05, 0.1) is 21.5 Å². The molecule has 1 aromatic heterocycles. The van der Waals surface area contributed by atoms with Gasteiger partial charge in [-0.25, -0.2) is 13.4 Å². The number of sulfone groups is 1. The predicted molar refractivity (Wildman–Crippen MR) is 65.6 cm³/mol. The standard InChI is InChI=1S/C10H10N2O3S2/c1-17(14,15)6-2-3-7-8(4-6)16-10(12-7)5-9(11)13/h2-4H,5H2,1H3,(H2,11,13). The molecular formula is C10H10N2O3S2. The second-order valence-corrected chi connectivity index (χ2v) is 6.78. The van der Waals surface area contributed by atoms with Crippen molar-refractivity contribution < 1.29 is 13.2 Å². The lowest BCUT2D eigenvalue weighted by Gasteiger charge is -1.96. The molecule has 0 aliphatic carbocycles. The van der Waals surface area contributed by atoms with Crippen LogP contribution < -0.4 is 5.73 Å². The Morgan fingerprint density at radius 2 is 2.18 bits per heavy atom. The van der Waals surface area contributed by atoms with E-state index in [0.717, 1.165) is 11.0 Å². The van der Waals surface area contributed by atoms with Gasteiger partial charge < -0.3 is 5.73 Å². The number of hydrogen-bond acceptors (Lipinski definition) is 5. The van der Waals surface area contributed by atoms with Gasteiger partial charge in [0.25, 0.3) is 0 Å². The van der Waals surface area contributed by atoms with Gasteiger partial charge in [-0.3, -0.25) is 4.79 Å². The second kappa shape index (κ2) is 4.08. The number of nitrogens with zero attached hydrogens (tertiary/aromatic N) is 1. The Morgan fingerprint density at radius 3 is 2.76 bits per heavy atom. The van der Waals surface area contributed by atoms with Gasteiger partial charge in [-0.05, 0) is 18.2 Å². The third kappa shape index (κ3) is 2.62. The molecule has 7 heteroatoms. The van der Waals surface area contributed by atoms with Crippen molar-refractivity contribution in [1.29, 1.82) is 0 Å². The van der Waals surface area contributed by atoms with Crippen molar-refractivity contribution in [2.45, 2.75) is 11.3 Å². The largest absolute Gasteiger partial charge is 0.369 e. The normalized spacial score (nSPS) is 11.8. The zero-order valence-electron chi connectivity index (χ0n) is 9.00. The molecule has 2 rings (SSSR count). The van der Waals surface area contributed by atoms with Gasteiger partial charge in [0.15, 0.2) is 9.84 Å². The van der Waals surface area contributed by atoms with E-state index in [2.05, 4.69) is 4.98 Å². The van der Waals surface area contributed by atoms with Crippen molar-refractivity contribution >= 4 is 37.3 Å². The fourth-order valence-corrected chi connectivity index (χ4v) is 3.15. The molecule has 1 heterocycles. The molecule has 5 nitrogen and oxygen atoms in total. The fraction of sp³-hybridized carbons (Fsp3) is 0.200. The number of hydrogen-bond donors (Lipinski definition) is 1. The van der Waals surface area contributed by atoms with Crippen molar-refractivity contribution in [3.05, 3.63) is 23.2 Å². The van der Waals surface area contributed by atoms with Gasteiger partial charge in [-0.15, -0.1) is 11.3 Å². The van der Waals surface area contributed by atoms with E-state index < -0.39 is 15.7 Å². The van der Waals surface area contributed by atoms with Crippen LogP contribution >= 0.6 is 11.3 Å². The molecule has 0 aliphatic heterocycles. The Morgan fingerprint density at radius 1 is 1.47 bits per heavy atom. The van der Waals surface area contributed by atoms with Gasteiger partial charge in [0.1, 0.15) is 5.01 Å². The molecule has 2 N–H and O–H groups in total. The van der Waals surface area contributed by atoms with Crippen LogP contribution in [0.4, 0.5) is 0 Å². The topological polar surface area (TPSA) is 90.1 Å². The molecule has 0 unspecified atom stereocenters. The molecule has 90 valence electrons. The van der Waals surface area contributed by atoms with Crippen LogP contribution in [0.1, 0.15) is 5.01 Å². The smallest absolute Gasteiger partial charge is 0.224 e. The van der Waals surface area contributed by atoms with Gasteiger partial charge in [0, 0.05) is 6.26 Å². The number of amides is 1. The lowest BCUT2D eigenvalue weighted by Crippen LogP contribution is -2.13. The van der Waals surface area contributed by atoms with E-state index in [1.165, 1.54) is 17.4 Å². The van der Waals surface area contributed by atoms with E-state index in [1.807, 2.05) is 0 Å². The Labute approximate surface area is 102 Å². The molecule has 1 amide bonds. The van der Waals surface area contributed by atoms with Crippen molar-refractivity contribution in [3.63, 3.8) is 0 Å². The highest BCUT2D eigenvalue weighted by molar-refractivity contribution is 7.90. The van der Waals surface area contributed by atoms with E-state index in [4.69, 9.17) is 5.73 Å². The van der Waals surface area contributed by atoms with E-state index in [9.17, 15) is 13.2 Å². The lowest BCUT2D eigenvalue weighted by atomic mass is 10.3. The average molecular weight is 270 g/mol. The Hall–Kier alpha value is -1.47. The molecule has 0 atom stereocenters. The SMILES string of the molecule is CS(=O)(=O)c1ccc2nc(CC(N)=O)sc2c1. The Bertz CT molecular complexity index is 689. The van der Waals surface area contributed by atoms with Crippen LogP contribution in [0.25, 0.3) is 10.2 Å². The monoisotopic (exact) mass is 270 g/mol. The van der Waals surface area contributed by atoms with E-state index in [1.54, 1.807) is 12.1 Å². The van der Waals surface area contributed by atoms with E-state index in [-0.39, 0.29) is 11.3 Å². The van der Waals surface area contributed by atoms with Crippen LogP contribution in [0.2, 0.25) is 0 Å². The van der Waals surface area contributed by atoms with E-state index >= 15 is 0 Å². The van der Waals surface area contributed by atoms with Crippen molar-refractivity contribution in [2.24, 2.45) is 5.73 Å². The van der Waals surface area contributed by atoms with Crippen LogP contribution in [0.5, 0.6) is 0 Å². The summed E-state index contributed by atoms with van der Waals surface area (Å²) in [6.07, 6.45) is 1.23. The molecule has 0 spiro atoms. The first-order valence-corrected chi connectivity index (χ1v) is 7.45. The fourth-order valence-electron chi connectivity index (χ4n) is 1.41. The molecule has 0 fully saturated rings.